The highest BCUT2D eigenvalue weighted by molar-refractivity contribution is 6.19. The number of imidazole rings is 1. The average molecular weight is 385 g/mol. The number of rotatable bonds is 5. The molecule has 1 atom stereocenters. The summed E-state index contributed by atoms with van der Waals surface area (Å²) in [5.74, 6) is -1.05. The Balaban J connectivity index is 1.41. The van der Waals surface area contributed by atoms with E-state index in [9.17, 15) is 9.59 Å². The topological polar surface area (TPSA) is 89.2 Å². The standard InChI is InChI=1S/C22H19N5O2/c1-15-3-2-4-17(11-15)19-6-5-18(22(29)26-19)21(28)25-13-16-7-8-24-20(12-16)27-10-9-23-14-27/h2-12,14,18H,13H2,1H3,(H,25,28). The number of aliphatic imine (C=N–C) groups is 1. The molecule has 0 saturated heterocycles. The Morgan fingerprint density at radius 2 is 2.10 bits per heavy atom. The third kappa shape index (κ3) is 4.19. The molecular weight excluding hydrogens is 366 g/mol. The number of nitrogens with zero attached hydrogens (tertiary/aromatic N) is 4. The summed E-state index contributed by atoms with van der Waals surface area (Å²) in [6.45, 7) is 2.27. The second kappa shape index (κ2) is 8.02. The van der Waals surface area contributed by atoms with Crippen molar-refractivity contribution in [3.05, 3.63) is 90.2 Å². The lowest BCUT2D eigenvalue weighted by molar-refractivity contribution is -0.131. The normalized spacial score (nSPS) is 15.8. The van der Waals surface area contributed by atoms with Crippen LogP contribution < -0.4 is 5.32 Å². The summed E-state index contributed by atoms with van der Waals surface area (Å²) in [5.41, 5.74) is 3.38. The molecule has 2 amide bonds. The molecular formula is C22H19N5O2. The molecule has 1 aliphatic rings. The first kappa shape index (κ1) is 18.5. The molecule has 0 aliphatic carbocycles. The van der Waals surface area contributed by atoms with E-state index >= 15 is 0 Å². The molecule has 0 spiro atoms. The first-order valence-corrected chi connectivity index (χ1v) is 9.19. The minimum absolute atomic E-state index is 0.287. The average Bonchev–Trinajstić information content (AvgIpc) is 3.27. The van der Waals surface area contributed by atoms with E-state index in [1.807, 2.05) is 43.3 Å². The fourth-order valence-electron chi connectivity index (χ4n) is 3.07. The van der Waals surface area contributed by atoms with Gasteiger partial charge in [0.1, 0.15) is 18.1 Å². The van der Waals surface area contributed by atoms with Gasteiger partial charge in [0.2, 0.25) is 5.91 Å². The first-order valence-electron chi connectivity index (χ1n) is 9.19. The largest absolute Gasteiger partial charge is 0.351 e. The number of allylic oxidation sites excluding steroid dienone is 1. The summed E-state index contributed by atoms with van der Waals surface area (Å²) < 4.78 is 1.78. The summed E-state index contributed by atoms with van der Waals surface area (Å²) in [5, 5.41) is 2.80. The maximum Gasteiger partial charge on any atom is 0.262 e. The maximum absolute atomic E-state index is 12.5. The van der Waals surface area contributed by atoms with Gasteiger partial charge in [-0.2, -0.15) is 0 Å². The lowest BCUT2D eigenvalue weighted by Crippen LogP contribution is -2.35. The van der Waals surface area contributed by atoms with Crippen molar-refractivity contribution in [2.45, 2.75) is 13.5 Å². The van der Waals surface area contributed by atoms with Gasteiger partial charge in [0.15, 0.2) is 0 Å². The van der Waals surface area contributed by atoms with Crippen molar-refractivity contribution >= 4 is 17.5 Å². The molecule has 1 unspecified atom stereocenters. The van der Waals surface area contributed by atoms with Crippen LogP contribution >= 0.6 is 0 Å². The predicted octanol–water partition coefficient (Wildman–Crippen LogP) is 2.39. The quantitative estimate of drug-likeness (QED) is 0.683. The zero-order chi connectivity index (χ0) is 20.2. The molecule has 1 N–H and O–H groups in total. The molecule has 0 radical (unpaired) electrons. The van der Waals surface area contributed by atoms with Gasteiger partial charge in [-0.1, -0.05) is 29.8 Å². The van der Waals surface area contributed by atoms with E-state index in [0.29, 0.717) is 11.5 Å². The van der Waals surface area contributed by atoms with Crippen LogP contribution in [0.25, 0.3) is 5.82 Å². The number of carbonyl (C=O) groups excluding carboxylic acids is 2. The van der Waals surface area contributed by atoms with Crippen LogP contribution in [0, 0.1) is 12.8 Å². The van der Waals surface area contributed by atoms with E-state index in [0.717, 1.165) is 16.7 Å². The van der Waals surface area contributed by atoms with Crippen molar-refractivity contribution in [1.82, 2.24) is 19.9 Å². The van der Waals surface area contributed by atoms with Gasteiger partial charge in [-0.25, -0.2) is 15.0 Å². The molecule has 3 aromatic rings. The van der Waals surface area contributed by atoms with Crippen molar-refractivity contribution in [1.29, 1.82) is 0 Å². The lowest BCUT2D eigenvalue weighted by Gasteiger charge is -2.15. The van der Waals surface area contributed by atoms with E-state index in [1.54, 1.807) is 41.6 Å². The van der Waals surface area contributed by atoms with Crippen molar-refractivity contribution in [2.75, 3.05) is 0 Å². The van der Waals surface area contributed by atoms with Crippen molar-refractivity contribution in [2.24, 2.45) is 10.9 Å². The molecule has 7 nitrogen and oxygen atoms in total. The van der Waals surface area contributed by atoms with Gasteiger partial charge in [0.05, 0.1) is 5.71 Å². The van der Waals surface area contributed by atoms with E-state index in [1.165, 1.54) is 0 Å². The van der Waals surface area contributed by atoms with Gasteiger partial charge in [0, 0.05) is 30.7 Å². The lowest BCUT2D eigenvalue weighted by atomic mass is 9.99. The number of hydrogen-bond donors (Lipinski definition) is 1. The summed E-state index contributed by atoms with van der Waals surface area (Å²) >= 11 is 0. The van der Waals surface area contributed by atoms with E-state index in [-0.39, 0.29) is 12.5 Å². The number of pyridine rings is 1. The SMILES string of the molecule is Cc1cccc(C2=NC(=O)C(C(=O)NCc3ccnc(-n4ccnc4)c3)C=C2)c1. The molecule has 0 bridgehead atoms. The van der Waals surface area contributed by atoms with Gasteiger partial charge in [-0.15, -0.1) is 0 Å². The zero-order valence-electron chi connectivity index (χ0n) is 15.8. The minimum atomic E-state index is -0.918. The third-order valence-corrected chi connectivity index (χ3v) is 4.59. The predicted molar refractivity (Wildman–Crippen MR) is 109 cm³/mol. The zero-order valence-corrected chi connectivity index (χ0v) is 15.8. The highest BCUT2D eigenvalue weighted by atomic mass is 16.2. The van der Waals surface area contributed by atoms with E-state index in [4.69, 9.17) is 0 Å². The van der Waals surface area contributed by atoms with Crippen molar-refractivity contribution < 1.29 is 9.59 Å². The van der Waals surface area contributed by atoms with E-state index in [2.05, 4.69) is 20.3 Å². The fraction of sp³-hybridized carbons (Fsp3) is 0.136. The summed E-state index contributed by atoms with van der Waals surface area (Å²) in [6.07, 6.45) is 10.1. The van der Waals surface area contributed by atoms with Crippen LogP contribution in [0.2, 0.25) is 0 Å². The highest BCUT2D eigenvalue weighted by Crippen LogP contribution is 2.15. The Morgan fingerprint density at radius 3 is 2.86 bits per heavy atom. The number of carbonyl (C=O) groups is 2. The van der Waals surface area contributed by atoms with Crippen LogP contribution in [0.3, 0.4) is 0 Å². The molecule has 1 aromatic carbocycles. The molecule has 29 heavy (non-hydrogen) atoms. The highest BCUT2D eigenvalue weighted by Gasteiger charge is 2.26. The van der Waals surface area contributed by atoms with Gasteiger partial charge < -0.3 is 5.32 Å². The van der Waals surface area contributed by atoms with Gasteiger partial charge in [-0.05, 0) is 36.8 Å². The number of hydrogen-bond acceptors (Lipinski definition) is 4. The summed E-state index contributed by atoms with van der Waals surface area (Å²) in [7, 11) is 0. The second-order valence-corrected chi connectivity index (χ2v) is 6.75. The molecule has 1 aliphatic heterocycles. The van der Waals surface area contributed by atoms with Gasteiger partial charge >= 0.3 is 0 Å². The summed E-state index contributed by atoms with van der Waals surface area (Å²) in [6, 6.07) is 11.4. The Morgan fingerprint density at radius 1 is 1.21 bits per heavy atom. The number of amides is 2. The van der Waals surface area contributed by atoms with Gasteiger partial charge in [0.25, 0.3) is 5.91 Å². The number of nitrogens with one attached hydrogen (secondary N) is 1. The third-order valence-electron chi connectivity index (χ3n) is 4.59. The fourth-order valence-corrected chi connectivity index (χ4v) is 3.07. The van der Waals surface area contributed by atoms with Crippen molar-refractivity contribution in [3.8, 4) is 5.82 Å². The second-order valence-electron chi connectivity index (χ2n) is 6.75. The molecule has 0 saturated carbocycles. The molecule has 2 aromatic heterocycles. The Kier molecular flexibility index (Phi) is 5.11. The van der Waals surface area contributed by atoms with Crippen molar-refractivity contribution in [3.63, 3.8) is 0 Å². The van der Waals surface area contributed by atoms with Crippen LogP contribution in [0.4, 0.5) is 0 Å². The monoisotopic (exact) mass is 385 g/mol. The minimum Gasteiger partial charge on any atom is -0.351 e. The van der Waals surface area contributed by atoms with Crippen LogP contribution in [0.5, 0.6) is 0 Å². The number of aromatic nitrogens is 3. The van der Waals surface area contributed by atoms with Crippen LogP contribution in [-0.2, 0) is 16.1 Å². The van der Waals surface area contributed by atoms with Crippen LogP contribution in [-0.4, -0.2) is 32.1 Å². The van der Waals surface area contributed by atoms with Crippen LogP contribution in [0.1, 0.15) is 16.7 Å². The Bertz CT molecular complexity index is 1120. The number of benzene rings is 1. The Labute approximate surface area is 167 Å². The molecule has 144 valence electrons. The Hall–Kier alpha value is -3.87. The number of aryl methyl sites for hydroxylation is 1. The molecule has 7 heteroatoms. The van der Waals surface area contributed by atoms with Gasteiger partial charge in [-0.3, -0.25) is 14.2 Å². The smallest absolute Gasteiger partial charge is 0.262 e. The van der Waals surface area contributed by atoms with Crippen LogP contribution in [0.15, 0.2) is 78.5 Å². The maximum atomic E-state index is 12.5. The first-order chi connectivity index (χ1) is 14.1. The molecule has 3 heterocycles. The summed E-state index contributed by atoms with van der Waals surface area (Å²) in [4.78, 5) is 37.3. The molecule has 4 rings (SSSR count). The molecule has 0 fully saturated rings. The number of dihydropyridines is 1. The van der Waals surface area contributed by atoms with E-state index < -0.39 is 11.8 Å².